The first-order valence-corrected chi connectivity index (χ1v) is 6.53. The Morgan fingerprint density at radius 3 is 2.57 bits per heavy atom. The van der Waals surface area contributed by atoms with E-state index in [0.29, 0.717) is 18.7 Å². The van der Waals surface area contributed by atoms with E-state index in [9.17, 15) is 9.59 Å². The van der Waals surface area contributed by atoms with Crippen LogP contribution in [-0.2, 0) is 11.2 Å². The average Bonchev–Trinajstić information content (AvgIpc) is 2.89. The van der Waals surface area contributed by atoms with Crippen LogP contribution in [0.1, 0.15) is 21.8 Å². The van der Waals surface area contributed by atoms with E-state index in [1.807, 2.05) is 30.3 Å². The monoisotopic (exact) mass is 288 g/mol. The zero-order chi connectivity index (χ0) is 15.2. The van der Waals surface area contributed by atoms with E-state index in [2.05, 4.69) is 4.98 Å². The van der Waals surface area contributed by atoms with Gasteiger partial charge in [-0.2, -0.15) is 0 Å². The van der Waals surface area contributed by atoms with Crippen LogP contribution < -0.4 is 0 Å². The molecule has 0 saturated heterocycles. The highest BCUT2D eigenvalue weighted by Gasteiger charge is 2.23. The summed E-state index contributed by atoms with van der Waals surface area (Å²) in [5.74, 6) is -1.43. The fourth-order valence-corrected chi connectivity index (χ4v) is 1.98. The summed E-state index contributed by atoms with van der Waals surface area (Å²) in [4.78, 5) is 28.4. The van der Waals surface area contributed by atoms with Crippen LogP contribution in [0.4, 0.5) is 0 Å². The second kappa shape index (κ2) is 6.69. The minimum atomic E-state index is -1.06. The lowest BCUT2D eigenvalue weighted by molar-refractivity contribution is -0.137. The molecule has 1 amide bonds. The molecular formula is C15H16N2O4. The van der Waals surface area contributed by atoms with E-state index in [1.165, 1.54) is 11.3 Å². The topological polar surface area (TPSA) is 83.6 Å². The molecule has 0 unspecified atom stereocenters. The Morgan fingerprint density at radius 1 is 1.29 bits per heavy atom. The second-order valence-electron chi connectivity index (χ2n) is 4.62. The number of oxazole rings is 1. The number of aryl methyl sites for hydroxylation is 1. The van der Waals surface area contributed by atoms with Crippen molar-refractivity contribution in [1.29, 1.82) is 0 Å². The lowest BCUT2D eigenvalue weighted by Crippen LogP contribution is -2.37. The van der Waals surface area contributed by atoms with Crippen LogP contribution >= 0.6 is 0 Å². The van der Waals surface area contributed by atoms with Crippen molar-refractivity contribution in [3.8, 4) is 0 Å². The molecule has 6 nitrogen and oxygen atoms in total. The van der Waals surface area contributed by atoms with E-state index < -0.39 is 11.9 Å². The SMILES string of the molecule is Cc1ncoc1C(=O)N(CCc1ccccc1)CC(=O)O. The molecule has 1 N–H and O–H groups in total. The van der Waals surface area contributed by atoms with E-state index in [-0.39, 0.29) is 12.3 Å². The fraction of sp³-hybridized carbons (Fsp3) is 0.267. The molecule has 1 heterocycles. The number of rotatable bonds is 6. The molecule has 0 atom stereocenters. The number of aliphatic carboxylic acids is 1. The zero-order valence-electron chi connectivity index (χ0n) is 11.7. The van der Waals surface area contributed by atoms with Gasteiger partial charge >= 0.3 is 5.97 Å². The molecule has 1 aromatic heterocycles. The summed E-state index contributed by atoms with van der Waals surface area (Å²) >= 11 is 0. The minimum absolute atomic E-state index is 0.0873. The van der Waals surface area contributed by atoms with Gasteiger partial charge < -0.3 is 14.4 Å². The van der Waals surface area contributed by atoms with Crippen molar-refractivity contribution >= 4 is 11.9 Å². The second-order valence-corrected chi connectivity index (χ2v) is 4.62. The third-order valence-electron chi connectivity index (χ3n) is 3.07. The fourth-order valence-electron chi connectivity index (χ4n) is 1.98. The molecule has 110 valence electrons. The van der Waals surface area contributed by atoms with Crippen molar-refractivity contribution in [2.45, 2.75) is 13.3 Å². The Hall–Kier alpha value is -2.63. The number of carboxylic acid groups (broad SMARTS) is 1. The van der Waals surface area contributed by atoms with Crippen LogP contribution in [0.15, 0.2) is 41.1 Å². The van der Waals surface area contributed by atoms with Gasteiger partial charge in [0.15, 0.2) is 6.39 Å². The highest BCUT2D eigenvalue weighted by molar-refractivity contribution is 5.94. The summed E-state index contributed by atoms with van der Waals surface area (Å²) in [6.07, 6.45) is 1.76. The van der Waals surface area contributed by atoms with Gasteiger partial charge in [-0.1, -0.05) is 30.3 Å². The number of carbonyl (C=O) groups is 2. The number of hydrogen-bond acceptors (Lipinski definition) is 4. The van der Waals surface area contributed by atoms with Crippen molar-refractivity contribution in [2.24, 2.45) is 0 Å². The Kier molecular flexibility index (Phi) is 4.71. The summed E-state index contributed by atoms with van der Waals surface area (Å²) < 4.78 is 5.05. The summed E-state index contributed by atoms with van der Waals surface area (Å²) in [6, 6.07) is 9.58. The first-order chi connectivity index (χ1) is 10.1. The van der Waals surface area contributed by atoms with Gasteiger partial charge in [-0.15, -0.1) is 0 Å². The standard InChI is InChI=1S/C15H16N2O4/c1-11-14(21-10-16-11)15(20)17(9-13(18)19)8-7-12-5-3-2-4-6-12/h2-6,10H,7-9H2,1H3,(H,18,19). The highest BCUT2D eigenvalue weighted by Crippen LogP contribution is 2.10. The first kappa shape index (κ1) is 14.8. The molecular weight excluding hydrogens is 272 g/mol. The van der Waals surface area contributed by atoms with Crippen LogP contribution in [0.2, 0.25) is 0 Å². The van der Waals surface area contributed by atoms with E-state index in [0.717, 1.165) is 5.56 Å². The van der Waals surface area contributed by atoms with Crippen LogP contribution in [0.3, 0.4) is 0 Å². The number of amides is 1. The summed E-state index contributed by atoms with van der Waals surface area (Å²) in [7, 11) is 0. The van der Waals surface area contributed by atoms with Crippen LogP contribution in [0, 0.1) is 6.92 Å². The molecule has 0 spiro atoms. The molecule has 1 aromatic carbocycles. The maximum absolute atomic E-state index is 12.3. The van der Waals surface area contributed by atoms with Gasteiger partial charge in [-0.05, 0) is 18.9 Å². The number of carboxylic acids is 1. The lowest BCUT2D eigenvalue weighted by atomic mass is 10.1. The molecule has 0 aliphatic carbocycles. The lowest BCUT2D eigenvalue weighted by Gasteiger charge is -2.19. The smallest absolute Gasteiger partial charge is 0.323 e. The quantitative estimate of drug-likeness (QED) is 0.875. The molecule has 2 rings (SSSR count). The Morgan fingerprint density at radius 2 is 2.00 bits per heavy atom. The summed E-state index contributed by atoms with van der Waals surface area (Å²) in [6.45, 7) is 1.58. The van der Waals surface area contributed by atoms with Gasteiger partial charge in [-0.3, -0.25) is 9.59 Å². The summed E-state index contributed by atoms with van der Waals surface area (Å²) in [5.41, 5.74) is 1.49. The average molecular weight is 288 g/mol. The van der Waals surface area contributed by atoms with Crippen molar-refractivity contribution in [3.05, 3.63) is 53.7 Å². The molecule has 2 aromatic rings. The van der Waals surface area contributed by atoms with Crippen molar-refractivity contribution in [1.82, 2.24) is 9.88 Å². The van der Waals surface area contributed by atoms with Crippen molar-refractivity contribution in [2.75, 3.05) is 13.1 Å². The Balaban J connectivity index is 2.09. The van der Waals surface area contributed by atoms with Gasteiger partial charge in [0.2, 0.25) is 5.76 Å². The largest absolute Gasteiger partial charge is 0.480 e. The Labute approximate surface area is 122 Å². The van der Waals surface area contributed by atoms with E-state index in [1.54, 1.807) is 6.92 Å². The first-order valence-electron chi connectivity index (χ1n) is 6.53. The van der Waals surface area contributed by atoms with E-state index >= 15 is 0 Å². The van der Waals surface area contributed by atoms with Crippen LogP contribution in [-0.4, -0.2) is 40.0 Å². The molecule has 0 aliphatic heterocycles. The third kappa shape index (κ3) is 3.92. The molecule has 21 heavy (non-hydrogen) atoms. The van der Waals surface area contributed by atoms with Crippen molar-refractivity contribution in [3.63, 3.8) is 0 Å². The maximum Gasteiger partial charge on any atom is 0.323 e. The van der Waals surface area contributed by atoms with E-state index in [4.69, 9.17) is 9.52 Å². The molecule has 0 fully saturated rings. The van der Waals surface area contributed by atoms with Gasteiger partial charge in [0.1, 0.15) is 6.54 Å². The number of nitrogens with zero attached hydrogens (tertiary/aromatic N) is 2. The molecule has 0 aliphatic rings. The highest BCUT2D eigenvalue weighted by atomic mass is 16.4. The number of carbonyl (C=O) groups excluding carboxylic acids is 1. The van der Waals surface area contributed by atoms with Gasteiger partial charge in [0.25, 0.3) is 5.91 Å². The van der Waals surface area contributed by atoms with Gasteiger partial charge in [0, 0.05) is 6.54 Å². The Bertz CT molecular complexity index is 622. The van der Waals surface area contributed by atoms with Crippen molar-refractivity contribution < 1.29 is 19.1 Å². The van der Waals surface area contributed by atoms with Crippen LogP contribution in [0.5, 0.6) is 0 Å². The van der Waals surface area contributed by atoms with Gasteiger partial charge in [0.05, 0.1) is 5.69 Å². The molecule has 0 radical (unpaired) electrons. The van der Waals surface area contributed by atoms with Crippen LogP contribution in [0.25, 0.3) is 0 Å². The zero-order valence-corrected chi connectivity index (χ0v) is 11.7. The molecule has 0 bridgehead atoms. The predicted molar refractivity (Wildman–Crippen MR) is 74.9 cm³/mol. The molecule has 0 saturated carbocycles. The van der Waals surface area contributed by atoms with Gasteiger partial charge in [-0.25, -0.2) is 4.98 Å². The normalized spacial score (nSPS) is 10.3. The number of hydrogen-bond donors (Lipinski definition) is 1. The number of benzene rings is 1. The molecule has 6 heteroatoms. The third-order valence-corrected chi connectivity index (χ3v) is 3.07. The summed E-state index contributed by atoms with van der Waals surface area (Å²) in [5, 5.41) is 8.96. The predicted octanol–water partition coefficient (Wildman–Crippen LogP) is 1.75. The number of aromatic nitrogens is 1. The maximum atomic E-state index is 12.3. The minimum Gasteiger partial charge on any atom is -0.480 e.